The number of aromatic carboxylic acids is 1. The third-order valence-electron chi connectivity index (χ3n) is 8.20. The number of hydrogen-bond donors (Lipinski definition) is 1. The molecule has 5 aromatic rings. The molecule has 43 heavy (non-hydrogen) atoms. The van der Waals surface area contributed by atoms with E-state index in [1.165, 1.54) is 18.2 Å². The van der Waals surface area contributed by atoms with Gasteiger partial charge in [0.2, 0.25) is 5.78 Å². The molecule has 1 aliphatic rings. The fourth-order valence-corrected chi connectivity index (χ4v) is 5.75. The number of benzene rings is 4. The minimum atomic E-state index is -0.988. The van der Waals surface area contributed by atoms with E-state index in [-0.39, 0.29) is 23.6 Å². The van der Waals surface area contributed by atoms with Gasteiger partial charge in [0.25, 0.3) is 0 Å². The summed E-state index contributed by atoms with van der Waals surface area (Å²) in [5.74, 6) is -0.382. The lowest BCUT2D eigenvalue weighted by molar-refractivity contribution is 0.0696. The van der Waals surface area contributed by atoms with Crippen LogP contribution in [-0.2, 0) is 6.42 Å². The summed E-state index contributed by atoms with van der Waals surface area (Å²) in [6.07, 6.45) is 1.71. The second kappa shape index (κ2) is 12.1. The average molecular weight is 578 g/mol. The van der Waals surface area contributed by atoms with Crippen molar-refractivity contribution in [2.75, 3.05) is 24.6 Å². The normalized spacial score (nSPS) is 13.8. The van der Waals surface area contributed by atoms with Crippen LogP contribution in [-0.4, -0.2) is 36.6 Å². The fourth-order valence-electron chi connectivity index (χ4n) is 5.75. The second-order valence-corrected chi connectivity index (χ2v) is 11.1. The lowest BCUT2D eigenvalue weighted by Gasteiger charge is -2.33. The lowest BCUT2D eigenvalue weighted by atomic mass is 9.97. The number of carbonyl (C=O) groups is 2. The van der Waals surface area contributed by atoms with Gasteiger partial charge in [-0.25, -0.2) is 9.18 Å². The summed E-state index contributed by atoms with van der Waals surface area (Å²) in [7, 11) is 0. The van der Waals surface area contributed by atoms with Crippen LogP contribution in [0.15, 0.2) is 95.4 Å². The first-order chi connectivity index (χ1) is 20.9. The van der Waals surface area contributed by atoms with E-state index in [4.69, 9.17) is 14.3 Å². The minimum absolute atomic E-state index is 0.0475. The zero-order valence-corrected chi connectivity index (χ0v) is 23.9. The monoisotopic (exact) mass is 577 g/mol. The number of nitrogens with zero attached hydrogens (tertiary/aromatic N) is 1. The van der Waals surface area contributed by atoms with Gasteiger partial charge in [-0.1, -0.05) is 48.5 Å². The molecule has 4 aromatic carbocycles. The van der Waals surface area contributed by atoms with E-state index in [2.05, 4.69) is 0 Å². The Labute approximate surface area is 249 Å². The summed E-state index contributed by atoms with van der Waals surface area (Å²) in [6, 6.07) is 27.5. The fraction of sp³-hybridized carbons (Fsp3) is 0.222. The van der Waals surface area contributed by atoms with Crippen LogP contribution >= 0.6 is 0 Å². The molecule has 0 unspecified atom stereocenters. The Kier molecular flexibility index (Phi) is 7.97. The molecule has 0 aliphatic carbocycles. The number of carboxylic acids is 1. The van der Waals surface area contributed by atoms with Gasteiger partial charge in [0.1, 0.15) is 17.1 Å². The number of furan rings is 1. The van der Waals surface area contributed by atoms with Crippen molar-refractivity contribution in [3.63, 3.8) is 0 Å². The third-order valence-corrected chi connectivity index (χ3v) is 8.20. The number of hydrogen-bond acceptors (Lipinski definition) is 5. The molecule has 218 valence electrons. The van der Waals surface area contributed by atoms with Crippen LogP contribution in [0.4, 0.5) is 10.1 Å². The molecular weight excluding hydrogens is 545 g/mol. The van der Waals surface area contributed by atoms with E-state index >= 15 is 4.39 Å². The molecule has 1 saturated heterocycles. The standard InChI is InChI=1S/C36H32FNO5/c1-23-30-21-27(26-6-3-2-4-7-26)11-13-34(30)43-35(23)33(39)19-25-10-12-32(31(37)18-25)38-16-14-24(15-17-38)22-42-29-9-5-8-28(20-29)36(40)41/h2-13,18,20-21,24H,14-17,19,22H2,1H3,(H,40,41). The Morgan fingerprint density at radius 1 is 0.930 bits per heavy atom. The van der Waals surface area contributed by atoms with E-state index in [1.54, 1.807) is 18.2 Å². The number of halogens is 1. The molecule has 1 aromatic heterocycles. The number of piperidine rings is 1. The second-order valence-electron chi connectivity index (χ2n) is 11.1. The molecule has 0 spiro atoms. The highest BCUT2D eigenvalue weighted by atomic mass is 19.1. The van der Waals surface area contributed by atoms with Crippen molar-refractivity contribution < 1.29 is 28.2 Å². The maximum atomic E-state index is 15.3. The first kappa shape index (κ1) is 28.2. The number of aryl methyl sites for hydroxylation is 1. The molecule has 1 N–H and O–H groups in total. The molecule has 0 amide bonds. The summed E-state index contributed by atoms with van der Waals surface area (Å²) < 4.78 is 27.1. The quantitative estimate of drug-likeness (QED) is 0.179. The Hall–Kier alpha value is -4.91. The lowest BCUT2D eigenvalue weighted by Crippen LogP contribution is -2.36. The third kappa shape index (κ3) is 6.16. The molecule has 1 aliphatic heterocycles. The highest BCUT2D eigenvalue weighted by Gasteiger charge is 2.23. The molecule has 1 fully saturated rings. The van der Waals surface area contributed by atoms with Crippen molar-refractivity contribution in [1.82, 2.24) is 0 Å². The zero-order valence-electron chi connectivity index (χ0n) is 23.9. The Morgan fingerprint density at radius 2 is 1.72 bits per heavy atom. The number of carboxylic acid groups (broad SMARTS) is 1. The number of Topliss-reactive ketones (excluding diaryl/α,β-unsaturated/α-hetero) is 1. The van der Waals surface area contributed by atoms with E-state index in [9.17, 15) is 9.59 Å². The number of ketones is 1. The molecule has 7 heteroatoms. The van der Waals surface area contributed by atoms with Gasteiger partial charge >= 0.3 is 5.97 Å². The minimum Gasteiger partial charge on any atom is -0.493 e. The zero-order chi connectivity index (χ0) is 29.9. The molecule has 0 bridgehead atoms. The van der Waals surface area contributed by atoms with Crippen LogP contribution in [0.2, 0.25) is 0 Å². The van der Waals surface area contributed by atoms with E-state index in [1.807, 2.05) is 66.4 Å². The topological polar surface area (TPSA) is 80.0 Å². The van der Waals surface area contributed by atoms with Crippen molar-refractivity contribution in [1.29, 1.82) is 0 Å². The van der Waals surface area contributed by atoms with E-state index < -0.39 is 5.97 Å². The molecule has 0 atom stereocenters. The molecule has 6 rings (SSSR count). The number of anilines is 1. The van der Waals surface area contributed by atoms with Gasteiger partial charge in [-0.05, 0) is 84.8 Å². The predicted octanol–water partition coefficient (Wildman–Crippen LogP) is 7.97. The molecule has 2 heterocycles. The Balaban J connectivity index is 1.07. The van der Waals surface area contributed by atoms with Crippen LogP contribution in [0.3, 0.4) is 0 Å². The Bertz CT molecular complexity index is 1790. The Morgan fingerprint density at radius 3 is 2.47 bits per heavy atom. The van der Waals surface area contributed by atoms with Gasteiger partial charge in [-0.3, -0.25) is 4.79 Å². The van der Waals surface area contributed by atoms with Crippen LogP contribution in [0.25, 0.3) is 22.1 Å². The molecule has 6 nitrogen and oxygen atoms in total. The molecule has 0 radical (unpaired) electrons. The highest BCUT2D eigenvalue weighted by molar-refractivity contribution is 6.02. The summed E-state index contributed by atoms with van der Waals surface area (Å²) in [5, 5.41) is 10.1. The smallest absolute Gasteiger partial charge is 0.335 e. The summed E-state index contributed by atoms with van der Waals surface area (Å²) in [4.78, 5) is 26.4. The van der Waals surface area contributed by atoms with Crippen LogP contribution in [0, 0.1) is 18.7 Å². The van der Waals surface area contributed by atoms with Gasteiger partial charge in [-0.2, -0.15) is 0 Å². The molecule has 0 saturated carbocycles. The first-order valence-corrected chi connectivity index (χ1v) is 14.5. The number of fused-ring (bicyclic) bond motifs is 1. The van der Waals surface area contributed by atoms with Crippen LogP contribution in [0.1, 0.15) is 44.9 Å². The largest absolute Gasteiger partial charge is 0.493 e. The van der Waals surface area contributed by atoms with Crippen molar-refractivity contribution in [3.8, 4) is 16.9 Å². The van der Waals surface area contributed by atoms with Crippen molar-refractivity contribution in [2.45, 2.75) is 26.2 Å². The van der Waals surface area contributed by atoms with Crippen LogP contribution in [0.5, 0.6) is 5.75 Å². The average Bonchev–Trinajstić information content (AvgIpc) is 3.36. The molecular formula is C36H32FNO5. The van der Waals surface area contributed by atoms with Gasteiger partial charge in [0.05, 0.1) is 17.9 Å². The van der Waals surface area contributed by atoms with Gasteiger partial charge in [0.15, 0.2) is 5.76 Å². The number of rotatable bonds is 9. The SMILES string of the molecule is Cc1c(C(=O)Cc2ccc(N3CCC(COc4cccc(C(=O)O)c4)CC3)c(F)c2)oc2ccc(-c3ccccc3)cc12. The van der Waals surface area contributed by atoms with Gasteiger partial charge in [0, 0.05) is 30.5 Å². The van der Waals surface area contributed by atoms with E-state index in [0.717, 1.165) is 34.9 Å². The number of carbonyl (C=O) groups excluding carboxylic acids is 1. The van der Waals surface area contributed by atoms with Crippen molar-refractivity contribution in [2.24, 2.45) is 5.92 Å². The first-order valence-electron chi connectivity index (χ1n) is 14.5. The van der Waals surface area contributed by atoms with Gasteiger partial charge < -0.3 is 19.2 Å². The maximum Gasteiger partial charge on any atom is 0.335 e. The van der Waals surface area contributed by atoms with E-state index in [0.29, 0.717) is 54.0 Å². The number of ether oxygens (including phenoxy) is 1. The van der Waals surface area contributed by atoms with Crippen LogP contribution < -0.4 is 9.64 Å². The van der Waals surface area contributed by atoms with Crippen molar-refractivity contribution >= 4 is 28.4 Å². The summed E-state index contributed by atoms with van der Waals surface area (Å²) in [5.41, 5.74) is 4.91. The summed E-state index contributed by atoms with van der Waals surface area (Å²) in [6.45, 7) is 3.73. The van der Waals surface area contributed by atoms with Gasteiger partial charge in [-0.15, -0.1) is 0 Å². The highest BCUT2D eigenvalue weighted by Crippen LogP contribution is 2.32. The summed E-state index contributed by atoms with van der Waals surface area (Å²) >= 11 is 0. The predicted molar refractivity (Wildman–Crippen MR) is 165 cm³/mol. The van der Waals surface area contributed by atoms with Crippen molar-refractivity contribution in [3.05, 3.63) is 119 Å². The maximum absolute atomic E-state index is 15.3.